The molecule has 0 bridgehead atoms. The summed E-state index contributed by atoms with van der Waals surface area (Å²) >= 11 is 0. The quantitative estimate of drug-likeness (QED) is 0.821. The molecule has 2 heterocycles. The number of nitrogens with zero attached hydrogens (tertiary/aromatic N) is 2. The molecule has 1 unspecified atom stereocenters. The molecule has 2 saturated heterocycles. The smallest absolute Gasteiger partial charge is 0.260 e. The lowest BCUT2D eigenvalue weighted by atomic mass is 10.1. The first-order valence-electron chi connectivity index (χ1n) is 9.64. The van der Waals surface area contributed by atoms with Gasteiger partial charge in [0.15, 0.2) is 6.61 Å². The van der Waals surface area contributed by atoms with Gasteiger partial charge in [0.1, 0.15) is 5.75 Å². The van der Waals surface area contributed by atoms with Crippen molar-refractivity contribution in [3.8, 4) is 5.75 Å². The van der Waals surface area contributed by atoms with Crippen LogP contribution in [0.2, 0.25) is 0 Å². The van der Waals surface area contributed by atoms with E-state index in [-0.39, 0.29) is 12.5 Å². The van der Waals surface area contributed by atoms with E-state index in [1.807, 2.05) is 36.1 Å². The van der Waals surface area contributed by atoms with Gasteiger partial charge in [0.05, 0.1) is 0 Å². The van der Waals surface area contributed by atoms with Crippen LogP contribution in [0.4, 0.5) is 0 Å². The highest BCUT2D eigenvalue weighted by Crippen LogP contribution is 2.15. The molecule has 138 valence electrons. The van der Waals surface area contributed by atoms with E-state index in [2.05, 4.69) is 10.2 Å². The summed E-state index contributed by atoms with van der Waals surface area (Å²) in [5.74, 6) is 0.876. The lowest BCUT2D eigenvalue weighted by Crippen LogP contribution is -2.48. The third kappa shape index (κ3) is 5.44. The number of piperidine rings is 1. The molecule has 2 fully saturated rings. The zero-order valence-corrected chi connectivity index (χ0v) is 15.4. The maximum atomic E-state index is 12.8. The number of carbonyl (C=O) groups is 1. The van der Waals surface area contributed by atoms with Crippen molar-refractivity contribution < 1.29 is 9.53 Å². The number of hydrogen-bond acceptors (Lipinski definition) is 4. The van der Waals surface area contributed by atoms with Crippen LogP contribution in [0, 0.1) is 6.92 Å². The van der Waals surface area contributed by atoms with Crippen LogP contribution < -0.4 is 10.1 Å². The Hall–Kier alpha value is -1.59. The van der Waals surface area contributed by atoms with Gasteiger partial charge in [-0.15, -0.1) is 0 Å². The van der Waals surface area contributed by atoms with E-state index in [0.29, 0.717) is 6.04 Å². The van der Waals surface area contributed by atoms with Gasteiger partial charge in [0.25, 0.3) is 5.91 Å². The summed E-state index contributed by atoms with van der Waals surface area (Å²) in [6, 6.07) is 8.18. The van der Waals surface area contributed by atoms with Crippen molar-refractivity contribution >= 4 is 5.91 Å². The zero-order chi connectivity index (χ0) is 17.5. The predicted octanol–water partition coefficient (Wildman–Crippen LogP) is 2.05. The van der Waals surface area contributed by atoms with Gasteiger partial charge in [0.2, 0.25) is 0 Å². The summed E-state index contributed by atoms with van der Waals surface area (Å²) in [7, 11) is 0. The SMILES string of the molecule is Cc1cccc(OCC(=O)N(CCN2CCCCC2)C2CCNC2)c1. The fourth-order valence-electron chi connectivity index (χ4n) is 3.78. The number of rotatable bonds is 7. The highest BCUT2D eigenvalue weighted by Gasteiger charge is 2.27. The Bertz CT molecular complexity index is 552. The average Bonchev–Trinajstić information content (AvgIpc) is 3.15. The van der Waals surface area contributed by atoms with Crippen LogP contribution >= 0.6 is 0 Å². The van der Waals surface area contributed by atoms with Gasteiger partial charge in [-0.3, -0.25) is 4.79 Å². The van der Waals surface area contributed by atoms with E-state index in [1.165, 1.54) is 32.4 Å². The lowest BCUT2D eigenvalue weighted by molar-refractivity contribution is -0.135. The van der Waals surface area contributed by atoms with Gasteiger partial charge in [-0.2, -0.15) is 0 Å². The zero-order valence-electron chi connectivity index (χ0n) is 15.4. The largest absolute Gasteiger partial charge is 0.484 e. The van der Waals surface area contributed by atoms with Crippen LogP contribution in [0.1, 0.15) is 31.2 Å². The molecule has 1 N–H and O–H groups in total. The summed E-state index contributed by atoms with van der Waals surface area (Å²) in [6.45, 7) is 8.18. The molecule has 1 aromatic carbocycles. The molecule has 5 heteroatoms. The van der Waals surface area contributed by atoms with Crippen LogP contribution in [0.25, 0.3) is 0 Å². The Morgan fingerprint density at radius 1 is 1.32 bits per heavy atom. The fraction of sp³-hybridized carbons (Fsp3) is 0.650. The first-order chi connectivity index (χ1) is 12.2. The number of likely N-dealkylation sites (tertiary alicyclic amines) is 1. The molecule has 1 aromatic rings. The number of ether oxygens (including phenoxy) is 1. The maximum Gasteiger partial charge on any atom is 0.260 e. The summed E-state index contributed by atoms with van der Waals surface area (Å²) in [5, 5.41) is 3.38. The molecule has 1 atom stereocenters. The highest BCUT2D eigenvalue weighted by atomic mass is 16.5. The van der Waals surface area contributed by atoms with E-state index < -0.39 is 0 Å². The highest BCUT2D eigenvalue weighted by molar-refractivity contribution is 5.78. The van der Waals surface area contributed by atoms with E-state index >= 15 is 0 Å². The molecule has 0 spiro atoms. The molecular formula is C20H31N3O2. The van der Waals surface area contributed by atoms with Crippen LogP contribution in [0.5, 0.6) is 5.75 Å². The number of benzene rings is 1. The number of carbonyl (C=O) groups excluding carboxylic acids is 1. The second kappa shape index (κ2) is 9.20. The second-order valence-corrected chi connectivity index (χ2v) is 7.24. The summed E-state index contributed by atoms with van der Waals surface area (Å²) in [4.78, 5) is 17.4. The lowest BCUT2D eigenvalue weighted by Gasteiger charge is -2.33. The van der Waals surface area contributed by atoms with E-state index in [9.17, 15) is 4.79 Å². The molecule has 1 amide bonds. The van der Waals surface area contributed by atoms with Crippen molar-refractivity contribution in [3.63, 3.8) is 0 Å². The van der Waals surface area contributed by atoms with Crippen LogP contribution in [-0.4, -0.2) is 67.6 Å². The van der Waals surface area contributed by atoms with Crippen molar-refractivity contribution in [1.82, 2.24) is 15.1 Å². The summed E-state index contributed by atoms with van der Waals surface area (Å²) < 4.78 is 5.76. The molecule has 5 nitrogen and oxygen atoms in total. The van der Waals surface area contributed by atoms with E-state index in [1.54, 1.807) is 0 Å². The number of amides is 1. The average molecular weight is 345 g/mol. The summed E-state index contributed by atoms with van der Waals surface area (Å²) in [6.07, 6.45) is 4.96. The van der Waals surface area contributed by atoms with Gasteiger partial charge in [-0.05, 0) is 63.5 Å². The van der Waals surface area contributed by atoms with E-state index in [0.717, 1.165) is 43.9 Å². The normalized spacial score (nSPS) is 21.2. The van der Waals surface area contributed by atoms with Crippen molar-refractivity contribution in [2.75, 3.05) is 45.9 Å². The number of aryl methyl sites for hydroxylation is 1. The van der Waals surface area contributed by atoms with Crippen LogP contribution in [0.15, 0.2) is 24.3 Å². The second-order valence-electron chi connectivity index (χ2n) is 7.24. The minimum Gasteiger partial charge on any atom is -0.484 e. The molecule has 0 aromatic heterocycles. The van der Waals surface area contributed by atoms with Gasteiger partial charge in [-0.25, -0.2) is 0 Å². The molecule has 0 saturated carbocycles. The molecule has 3 rings (SSSR count). The maximum absolute atomic E-state index is 12.8. The Balaban J connectivity index is 1.54. The molecule has 0 aliphatic carbocycles. The van der Waals surface area contributed by atoms with E-state index in [4.69, 9.17) is 4.74 Å². The Morgan fingerprint density at radius 2 is 2.16 bits per heavy atom. The monoisotopic (exact) mass is 345 g/mol. The molecule has 2 aliphatic rings. The predicted molar refractivity (Wildman–Crippen MR) is 100.0 cm³/mol. The Kier molecular flexibility index (Phi) is 6.70. The third-order valence-electron chi connectivity index (χ3n) is 5.25. The van der Waals surface area contributed by atoms with Crippen molar-refractivity contribution in [3.05, 3.63) is 29.8 Å². The summed E-state index contributed by atoms with van der Waals surface area (Å²) in [5.41, 5.74) is 1.15. The topological polar surface area (TPSA) is 44.8 Å². The first-order valence-corrected chi connectivity index (χ1v) is 9.64. The number of hydrogen-bond donors (Lipinski definition) is 1. The van der Waals surface area contributed by atoms with Gasteiger partial charge >= 0.3 is 0 Å². The van der Waals surface area contributed by atoms with Gasteiger partial charge in [-0.1, -0.05) is 18.6 Å². The van der Waals surface area contributed by atoms with Crippen LogP contribution in [-0.2, 0) is 4.79 Å². The molecule has 2 aliphatic heterocycles. The molecule has 0 radical (unpaired) electrons. The third-order valence-corrected chi connectivity index (χ3v) is 5.25. The minimum atomic E-state index is 0.104. The van der Waals surface area contributed by atoms with Crippen molar-refractivity contribution in [1.29, 1.82) is 0 Å². The molecule has 25 heavy (non-hydrogen) atoms. The van der Waals surface area contributed by atoms with Crippen molar-refractivity contribution in [2.45, 2.75) is 38.6 Å². The molecular weight excluding hydrogens is 314 g/mol. The standard InChI is InChI=1S/C20H31N3O2/c1-17-6-5-7-19(14-17)25-16-20(24)23(18-8-9-21-15-18)13-12-22-10-3-2-4-11-22/h5-7,14,18,21H,2-4,8-13,15-16H2,1H3. The van der Waals surface area contributed by atoms with Crippen LogP contribution in [0.3, 0.4) is 0 Å². The van der Waals surface area contributed by atoms with Crippen molar-refractivity contribution in [2.24, 2.45) is 0 Å². The number of nitrogens with one attached hydrogen (secondary N) is 1. The minimum absolute atomic E-state index is 0.104. The Labute approximate surface area is 151 Å². The van der Waals surface area contributed by atoms with Gasteiger partial charge < -0.3 is 19.9 Å². The Morgan fingerprint density at radius 3 is 2.88 bits per heavy atom. The fourth-order valence-corrected chi connectivity index (χ4v) is 3.78. The first kappa shape index (κ1) is 18.2. The van der Waals surface area contributed by atoms with Gasteiger partial charge in [0, 0.05) is 25.7 Å².